The Labute approximate surface area is 372 Å². The topological polar surface area (TPSA) is 74.0 Å². The van der Waals surface area contributed by atoms with E-state index in [0.29, 0.717) is 17.7 Å². The summed E-state index contributed by atoms with van der Waals surface area (Å²) in [7, 11) is 0. The Balaban J connectivity index is 1.07. The van der Waals surface area contributed by atoms with Crippen molar-refractivity contribution in [1.82, 2.24) is 19.1 Å². The molecule has 2 unspecified atom stereocenters. The van der Waals surface area contributed by atoms with E-state index in [0.717, 1.165) is 73.3 Å². The Kier molecular flexibility index (Phi) is 9.89. The number of aliphatic imine (C=N–C) groups is 1. The molecular formula is C58H46N6. The first-order valence-electron chi connectivity index (χ1n) is 22.0. The van der Waals surface area contributed by atoms with E-state index in [2.05, 4.69) is 169 Å². The Bertz CT molecular complexity index is 3490. The maximum Gasteiger partial charge on any atom is 0.235 e. The van der Waals surface area contributed by atoms with Gasteiger partial charge in [0.15, 0.2) is 0 Å². The van der Waals surface area contributed by atoms with Gasteiger partial charge in [-0.2, -0.15) is 0 Å². The molecule has 0 saturated heterocycles. The first-order valence-corrected chi connectivity index (χ1v) is 22.0. The Morgan fingerprint density at radius 1 is 0.594 bits per heavy atom. The smallest absolute Gasteiger partial charge is 0.235 e. The number of amidine groups is 1. The van der Waals surface area contributed by atoms with Crippen LogP contribution < -0.4 is 16.3 Å². The summed E-state index contributed by atoms with van der Waals surface area (Å²) < 4.78 is 4.70. The molecule has 0 amide bonds. The van der Waals surface area contributed by atoms with Crippen molar-refractivity contribution in [3.63, 3.8) is 0 Å². The monoisotopic (exact) mass is 826 g/mol. The zero-order valence-corrected chi connectivity index (χ0v) is 35.8. The van der Waals surface area contributed by atoms with Gasteiger partial charge in [0.25, 0.3) is 0 Å². The molecule has 11 rings (SSSR count). The second kappa shape index (κ2) is 16.3. The van der Waals surface area contributed by atoms with Gasteiger partial charge in [-0.3, -0.25) is 4.57 Å². The van der Waals surface area contributed by atoms with E-state index in [-0.39, 0.29) is 6.04 Å². The van der Waals surface area contributed by atoms with Crippen LogP contribution in [0.5, 0.6) is 0 Å². The molecular weight excluding hydrogens is 781 g/mol. The highest BCUT2D eigenvalue weighted by Crippen LogP contribution is 2.37. The summed E-state index contributed by atoms with van der Waals surface area (Å²) in [6, 6.07) is 65.5. The van der Waals surface area contributed by atoms with Gasteiger partial charge in [0, 0.05) is 43.6 Å². The van der Waals surface area contributed by atoms with E-state index in [4.69, 9.17) is 20.7 Å². The van der Waals surface area contributed by atoms with Gasteiger partial charge in [0.05, 0.1) is 39.5 Å². The second-order valence-electron chi connectivity index (χ2n) is 16.8. The minimum atomic E-state index is -0.0669. The lowest BCUT2D eigenvalue weighted by Crippen LogP contribution is -2.32. The number of aromatic nitrogens is 4. The van der Waals surface area contributed by atoms with Crippen molar-refractivity contribution < 1.29 is 0 Å². The lowest BCUT2D eigenvalue weighted by molar-refractivity contribution is 0.711. The van der Waals surface area contributed by atoms with E-state index >= 15 is 0 Å². The van der Waals surface area contributed by atoms with Crippen molar-refractivity contribution >= 4 is 56.4 Å². The Morgan fingerprint density at radius 2 is 1.17 bits per heavy atom. The fourth-order valence-electron chi connectivity index (χ4n) is 9.34. The maximum absolute atomic E-state index is 6.67. The summed E-state index contributed by atoms with van der Waals surface area (Å²) >= 11 is 0. The Hall–Kier alpha value is -8.09. The van der Waals surface area contributed by atoms with Gasteiger partial charge >= 0.3 is 0 Å². The van der Waals surface area contributed by atoms with Crippen LogP contribution in [0.1, 0.15) is 37.4 Å². The first kappa shape index (κ1) is 38.8. The van der Waals surface area contributed by atoms with Crippen molar-refractivity contribution in [3.8, 4) is 39.6 Å². The highest BCUT2D eigenvalue weighted by atomic mass is 15.2. The molecule has 2 N–H and O–H groups in total. The van der Waals surface area contributed by atoms with Crippen molar-refractivity contribution in [3.05, 3.63) is 216 Å². The number of allylic oxidation sites excluding steroid dienone is 1. The van der Waals surface area contributed by atoms with Gasteiger partial charge in [-0.15, -0.1) is 0 Å². The van der Waals surface area contributed by atoms with Crippen LogP contribution in [0.15, 0.2) is 199 Å². The molecule has 6 heteroatoms. The summed E-state index contributed by atoms with van der Waals surface area (Å²) in [6.45, 7) is 4.53. The molecule has 3 aromatic heterocycles. The average Bonchev–Trinajstić information content (AvgIpc) is 3.86. The molecule has 0 bridgehead atoms. The summed E-state index contributed by atoms with van der Waals surface area (Å²) in [5.41, 5.74) is 19.0. The van der Waals surface area contributed by atoms with Gasteiger partial charge < -0.3 is 10.3 Å². The largest absolute Gasteiger partial charge is 0.383 e. The molecule has 0 spiro atoms. The zero-order valence-electron chi connectivity index (χ0n) is 35.8. The second-order valence-corrected chi connectivity index (χ2v) is 16.8. The lowest BCUT2D eigenvalue weighted by atomic mass is 9.98. The van der Waals surface area contributed by atoms with Crippen LogP contribution in [0.4, 0.5) is 0 Å². The fourth-order valence-corrected chi connectivity index (χ4v) is 9.34. The van der Waals surface area contributed by atoms with E-state index in [1.54, 1.807) is 0 Å². The summed E-state index contributed by atoms with van der Waals surface area (Å²) in [6.07, 6.45) is 7.96. The third-order valence-electron chi connectivity index (χ3n) is 12.5. The fraction of sp³-hybridized carbons (Fsp3) is 0.0862. The van der Waals surface area contributed by atoms with Gasteiger partial charge in [-0.25, -0.2) is 15.0 Å². The number of para-hydroxylation sites is 1. The lowest BCUT2D eigenvalue weighted by Gasteiger charge is -2.16. The minimum absolute atomic E-state index is 0.0669. The molecule has 10 aromatic rings. The maximum atomic E-state index is 6.67. The average molecular weight is 827 g/mol. The van der Waals surface area contributed by atoms with Gasteiger partial charge in [0.1, 0.15) is 5.84 Å². The molecule has 0 aliphatic heterocycles. The van der Waals surface area contributed by atoms with Gasteiger partial charge in [0.2, 0.25) is 5.95 Å². The van der Waals surface area contributed by atoms with E-state index in [1.165, 1.54) is 26.9 Å². The number of nitrogens with zero attached hydrogens (tertiary/aromatic N) is 5. The van der Waals surface area contributed by atoms with E-state index in [1.807, 2.05) is 60.7 Å². The van der Waals surface area contributed by atoms with Crippen molar-refractivity contribution in [2.24, 2.45) is 16.6 Å². The van der Waals surface area contributed by atoms with Crippen LogP contribution in [-0.2, 0) is 0 Å². The van der Waals surface area contributed by atoms with Crippen LogP contribution in [-0.4, -0.2) is 24.9 Å². The third kappa shape index (κ3) is 7.09. The molecule has 6 nitrogen and oxygen atoms in total. The first-order chi connectivity index (χ1) is 31.5. The quantitative estimate of drug-likeness (QED) is 0.116. The van der Waals surface area contributed by atoms with Crippen molar-refractivity contribution in [2.75, 3.05) is 0 Å². The van der Waals surface area contributed by atoms with Gasteiger partial charge in [-0.1, -0.05) is 177 Å². The molecule has 1 aliphatic carbocycles. The van der Waals surface area contributed by atoms with Crippen LogP contribution in [0.3, 0.4) is 0 Å². The highest BCUT2D eigenvalue weighted by molar-refractivity contribution is 6.09. The molecule has 64 heavy (non-hydrogen) atoms. The number of hydrogen-bond donors (Lipinski definition) is 1. The normalized spacial score (nSPS) is 14.6. The zero-order chi connectivity index (χ0) is 43.1. The number of rotatable bonds is 9. The van der Waals surface area contributed by atoms with Crippen LogP contribution in [0.25, 0.3) is 90.1 Å². The van der Waals surface area contributed by atoms with Crippen molar-refractivity contribution in [2.45, 2.75) is 26.3 Å². The van der Waals surface area contributed by atoms with Crippen LogP contribution >= 0.6 is 0 Å². The number of benzene rings is 7. The molecule has 7 aromatic carbocycles. The number of fused-ring (bicyclic) bond motifs is 6. The summed E-state index contributed by atoms with van der Waals surface area (Å²) in [5, 5.41) is 5.97. The third-order valence-corrected chi connectivity index (χ3v) is 12.5. The predicted octanol–water partition coefficient (Wildman–Crippen LogP) is 12.1. The molecule has 308 valence electrons. The van der Waals surface area contributed by atoms with Crippen molar-refractivity contribution in [1.29, 1.82) is 0 Å². The van der Waals surface area contributed by atoms with E-state index < -0.39 is 0 Å². The van der Waals surface area contributed by atoms with Crippen LogP contribution in [0.2, 0.25) is 0 Å². The molecule has 0 fully saturated rings. The summed E-state index contributed by atoms with van der Waals surface area (Å²) in [4.78, 5) is 15.6. The highest BCUT2D eigenvalue weighted by Gasteiger charge is 2.20. The molecule has 0 saturated carbocycles. The SMILES string of the molecule is CC1C=c2c(n(-c3nc(-c4ccccc4)cc(-c4ccccc4)n3)c3ccc(-c4ccc5c6ccccc6n(C(C)/C=C(\N=C(N)c6ccccc6)c6ccccc6)c5c4)cc23)=CC1. The standard InChI is InChI=1S/C58H46N6/c1-38-27-31-54-48(33-38)49-35-44(29-32-55(49)64(54)58-61-51(41-19-9-4-10-20-41)37-52(62-58)42-21-11-5-12-22-42)45-28-30-47-46-25-15-16-26-53(46)63(56(47)36-45)39(2)34-50(40-17-7-3-8-18-40)60-57(59)43-23-13-6-14-24-43/h3-26,28-39H,27H2,1-2H3,(H2,59,60)/b50-34-. The molecule has 3 heterocycles. The molecule has 0 radical (unpaired) electrons. The summed E-state index contributed by atoms with van der Waals surface area (Å²) in [5.74, 6) is 1.55. The predicted molar refractivity (Wildman–Crippen MR) is 266 cm³/mol. The molecule has 1 aliphatic rings. The van der Waals surface area contributed by atoms with Crippen LogP contribution in [0, 0.1) is 5.92 Å². The number of hydrogen-bond acceptors (Lipinski definition) is 3. The number of nitrogens with two attached hydrogens (primary N) is 1. The Morgan fingerprint density at radius 3 is 1.86 bits per heavy atom. The van der Waals surface area contributed by atoms with E-state index in [9.17, 15) is 0 Å². The van der Waals surface area contributed by atoms with Gasteiger partial charge in [-0.05, 0) is 72.4 Å². The molecule has 2 atom stereocenters. The minimum Gasteiger partial charge on any atom is -0.383 e.